The molecule has 0 unspecified atom stereocenters. The highest BCUT2D eigenvalue weighted by atomic mass is 16.5. The van der Waals surface area contributed by atoms with Crippen LogP contribution in [0.25, 0.3) is 0 Å². The van der Waals surface area contributed by atoms with E-state index in [4.69, 9.17) is 9.47 Å². The summed E-state index contributed by atoms with van der Waals surface area (Å²) < 4.78 is 10.5. The Morgan fingerprint density at radius 2 is 1.91 bits per heavy atom. The summed E-state index contributed by atoms with van der Waals surface area (Å²) in [6, 6.07) is 5.52. The minimum absolute atomic E-state index is 0.0516. The van der Waals surface area contributed by atoms with Gasteiger partial charge in [0.1, 0.15) is 0 Å². The number of benzene rings is 1. The topological polar surface area (TPSA) is 75.2 Å². The molecule has 0 aromatic heterocycles. The second-order valence-corrected chi connectivity index (χ2v) is 4.99. The molecule has 7 heteroatoms. The van der Waals surface area contributed by atoms with E-state index in [9.17, 15) is 4.79 Å². The Morgan fingerprint density at radius 1 is 1.22 bits per heavy atom. The number of hydrogen-bond acceptors (Lipinski definition) is 4. The van der Waals surface area contributed by atoms with Gasteiger partial charge in [-0.2, -0.15) is 0 Å². The fourth-order valence-electron chi connectivity index (χ4n) is 1.84. The van der Waals surface area contributed by atoms with Gasteiger partial charge < -0.3 is 25.0 Å². The Bertz CT molecular complexity index is 544. The van der Waals surface area contributed by atoms with Gasteiger partial charge in [0.2, 0.25) is 5.91 Å². The molecule has 1 aromatic carbocycles. The van der Waals surface area contributed by atoms with Crippen molar-refractivity contribution in [3.05, 3.63) is 18.2 Å². The molecule has 0 aliphatic heterocycles. The van der Waals surface area contributed by atoms with Crippen LogP contribution in [0.15, 0.2) is 23.2 Å². The third kappa shape index (κ3) is 6.06. The average Bonchev–Trinajstić information content (AvgIpc) is 2.54. The molecule has 1 amide bonds. The van der Waals surface area contributed by atoms with E-state index in [2.05, 4.69) is 15.6 Å². The molecular formula is C16H26N4O3. The molecule has 0 aliphatic rings. The highest BCUT2D eigenvalue weighted by Crippen LogP contribution is 2.29. The number of nitrogens with zero attached hydrogens (tertiary/aromatic N) is 2. The van der Waals surface area contributed by atoms with E-state index in [-0.39, 0.29) is 5.91 Å². The number of methoxy groups -OCH3 is 2. The lowest BCUT2D eigenvalue weighted by atomic mass is 10.2. The summed E-state index contributed by atoms with van der Waals surface area (Å²) in [5, 5.41) is 6.33. The second-order valence-electron chi connectivity index (χ2n) is 4.99. The van der Waals surface area contributed by atoms with Gasteiger partial charge in [-0.25, -0.2) is 0 Å². The lowest BCUT2D eigenvalue weighted by molar-refractivity contribution is -0.128. The summed E-state index contributed by atoms with van der Waals surface area (Å²) >= 11 is 0. The van der Waals surface area contributed by atoms with Crippen LogP contribution >= 0.6 is 0 Å². The molecule has 0 fully saturated rings. The molecule has 7 nitrogen and oxygen atoms in total. The Balaban J connectivity index is 2.77. The van der Waals surface area contributed by atoms with E-state index in [1.54, 1.807) is 33.2 Å². The number of amides is 1. The van der Waals surface area contributed by atoms with Gasteiger partial charge in [-0.05, 0) is 19.1 Å². The summed E-state index contributed by atoms with van der Waals surface area (Å²) in [6.07, 6.45) is 0.371. The summed E-state index contributed by atoms with van der Waals surface area (Å²) in [5.74, 6) is 1.97. The number of guanidine groups is 1. The van der Waals surface area contributed by atoms with Gasteiger partial charge in [-0.1, -0.05) is 0 Å². The number of hydrogen-bond donors (Lipinski definition) is 2. The predicted molar refractivity (Wildman–Crippen MR) is 92.5 cm³/mol. The van der Waals surface area contributed by atoms with Crippen LogP contribution in [0.4, 0.5) is 5.69 Å². The van der Waals surface area contributed by atoms with Crippen LogP contribution in [0.2, 0.25) is 0 Å². The molecule has 0 bridgehead atoms. The maximum atomic E-state index is 11.6. The minimum atomic E-state index is 0.0516. The van der Waals surface area contributed by atoms with Crippen LogP contribution < -0.4 is 20.1 Å². The smallest absolute Gasteiger partial charge is 0.223 e. The van der Waals surface area contributed by atoms with E-state index >= 15 is 0 Å². The zero-order chi connectivity index (χ0) is 17.2. The standard InChI is InChI=1S/C16H26N4O3/c1-6-17-16(18-10-9-15(21)20(2)3)19-12-7-8-13(22-4)14(11-12)23-5/h7-8,11H,6,9-10H2,1-5H3,(H2,17,18,19). The summed E-state index contributed by atoms with van der Waals surface area (Å²) in [6.45, 7) is 3.12. The number of carbonyl (C=O) groups is 1. The number of nitrogens with one attached hydrogen (secondary N) is 2. The normalized spacial score (nSPS) is 10.9. The average molecular weight is 322 g/mol. The van der Waals surface area contributed by atoms with Crippen LogP contribution in [0.3, 0.4) is 0 Å². The SMILES string of the molecule is CCNC(=NCCC(=O)N(C)C)Nc1ccc(OC)c(OC)c1. The second kappa shape index (κ2) is 9.55. The maximum Gasteiger partial charge on any atom is 0.223 e. The fourth-order valence-corrected chi connectivity index (χ4v) is 1.84. The van der Waals surface area contributed by atoms with E-state index in [1.807, 2.05) is 25.1 Å². The van der Waals surface area contributed by atoms with Gasteiger partial charge >= 0.3 is 0 Å². The molecule has 1 aromatic rings. The number of aliphatic imine (C=N–C) groups is 1. The zero-order valence-electron chi connectivity index (χ0n) is 14.5. The van der Waals surface area contributed by atoms with Crippen LogP contribution in [0.1, 0.15) is 13.3 Å². The number of ether oxygens (including phenoxy) is 2. The van der Waals surface area contributed by atoms with Crippen molar-refractivity contribution in [2.75, 3.05) is 46.7 Å². The van der Waals surface area contributed by atoms with Crippen LogP contribution in [0.5, 0.6) is 11.5 Å². The minimum Gasteiger partial charge on any atom is -0.493 e. The largest absolute Gasteiger partial charge is 0.493 e. The molecule has 0 aliphatic carbocycles. The van der Waals surface area contributed by atoms with Crippen LogP contribution in [-0.2, 0) is 4.79 Å². The molecule has 23 heavy (non-hydrogen) atoms. The fraction of sp³-hybridized carbons (Fsp3) is 0.500. The van der Waals surface area contributed by atoms with Crippen molar-refractivity contribution in [2.45, 2.75) is 13.3 Å². The van der Waals surface area contributed by atoms with Crippen molar-refractivity contribution >= 4 is 17.6 Å². The molecule has 0 radical (unpaired) electrons. The van der Waals surface area contributed by atoms with Gasteiger partial charge in [-0.3, -0.25) is 9.79 Å². The third-order valence-corrected chi connectivity index (χ3v) is 3.08. The lowest BCUT2D eigenvalue weighted by Gasteiger charge is -2.14. The molecule has 128 valence electrons. The van der Waals surface area contributed by atoms with Gasteiger partial charge in [0.25, 0.3) is 0 Å². The van der Waals surface area contributed by atoms with Gasteiger partial charge in [0, 0.05) is 38.8 Å². The van der Waals surface area contributed by atoms with Crippen molar-refractivity contribution < 1.29 is 14.3 Å². The third-order valence-electron chi connectivity index (χ3n) is 3.08. The first-order chi connectivity index (χ1) is 11.0. The Kier molecular flexibility index (Phi) is 7.73. The quantitative estimate of drug-likeness (QED) is 0.588. The monoisotopic (exact) mass is 322 g/mol. The number of anilines is 1. The Labute approximate surface area is 137 Å². The van der Waals surface area contributed by atoms with E-state index in [1.165, 1.54) is 0 Å². The molecule has 0 heterocycles. The molecule has 0 saturated heterocycles. The van der Waals surface area contributed by atoms with Crippen molar-refractivity contribution in [3.63, 3.8) is 0 Å². The lowest BCUT2D eigenvalue weighted by Crippen LogP contribution is -2.31. The molecule has 0 atom stereocenters. The van der Waals surface area contributed by atoms with Crippen molar-refractivity contribution in [1.29, 1.82) is 0 Å². The summed E-state index contributed by atoms with van der Waals surface area (Å²) in [5.41, 5.74) is 0.821. The van der Waals surface area contributed by atoms with Crippen molar-refractivity contribution in [3.8, 4) is 11.5 Å². The zero-order valence-corrected chi connectivity index (χ0v) is 14.5. The van der Waals surface area contributed by atoms with Gasteiger partial charge in [0.05, 0.1) is 20.8 Å². The first-order valence-corrected chi connectivity index (χ1v) is 7.49. The molecule has 0 spiro atoms. The predicted octanol–water partition coefficient (Wildman–Crippen LogP) is 1.56. The highest BCUT2D eigenvalue weighted by molar-refractivity contribution is 5.94. The van der Waals surface area contributed by atoms with Crippen LogP contribution in [-0.4, -0.2) is 58.2 Å². The molecule has 2 N–H and O–H groups in total. The van der Waals surface area contributed by atoms with Crippen molar-refractivity contribution in [2.24, 2.45) is 4.99 Å². The molecular weight excluding hydrogens is 296 g/mol. The molecule has 1 rings (SSSR count). The van der Waals surface area contributed by atoms with Crippen molar-refractivity contribution in [1.82, 2.24) is 10.2 Å². The van der Waals surface area contributed by atoms with E-state index < -0.39 is 0 Å². The molecule has 0 saturated carbocycles. The Hall–Kier alpha value is -2.44. The summed E-state index contributed by atoms with van der Waals surface area (Å²) in [7, 11) is 6.66. The van der Waals surface area contributed by atoms with Crippen LogP contribution in [0, 0.1) is 0 Å². The van der Waals surface area contributed by atoms with Gasteiger partial charge in [0.15, 0.2) is 17.5 Å². The Morgan fingerprint density at radius 3 is 2.48 bits per heavy atom. The highest BCUT2D eigenvalue weighted by Gasteiger charge is 2.07. The first-order valence-electron chi connectivity index (χ1n) is 7.49. The van der Waals surface area contributed by atoms with E-state index in [0.717, 1.165) is 12.2 Å². The summed E-state index contributed by atoms with van der Waals surface area (Å²) in [4.78, 5) is 17.5. The van der Waals surface area contributed by atoms with Gasteiger partial charge in [-0.15, -0.1) is 0 Å². The van der Waals surface area contributed by atoms with E-state index in [0.29, 0.717) is 30.4 Å². The number of rotatable bonds is 7. The maximum absolute atomic E-state index is 11.6. The first kappa shape index (κ1) is 18.6. The number of carbonyl (C=O) groups excluding carboxylic acids is 1.